The Labute approximate surface area is 316 Å². The van der Waals surface area contributed by atoms with E-state index in [4.69, 9.17) is 0 Å². The van der Waals surface area contributed by atoms with Crippen LogP contribution >= 0.6 is 0 Å². The standard InChI is InChI=1S/C54H36/c1-3-15-37(16-4-1)39-27-30-40(31-28-39)47-34-33-44(46-22-10-9-21-45(46)43-32-29-38-17-7-8-20-42(38)35-43)36-52(47)54-50-25-13-11-23-48(50)53(41-18-5-2-6-19-41)49-24-12-14-26-51(49)54/h1-36H. The molecule has 0 nitrogen and oxygen atoms in total. The fourth-order valence-electron chi connectivity index (χ4n) is 8.32. The third kappa shape index (κ3) is 5.57. The van der Waals surface area contributed by atoms with Crippen LogP contribution in [0.25, 0.3) is 99.1 Å². The largest absolute Gasteiger partial charge is 0.0622 e. The van der Waals surface area contributed by atoms with E-state index in [0.29, 0.717) is 0 Å². The summed E-state index contributed by atoms with van der Waals surface area (Å²) in [7, 11) is 0. The van der Waals surface area contributed by atoms with Crippen molar-refractivity contribution in [2.75, 3.05) is 0 Å². The van der Waals surface area contributed by atoms with Gasteiger partial charge in [-0.1, -0.05) is 206 Å². The second-order valence-corrected chi connectivity index (χ2v) is 14.0. The normalized spacial score (nSPS) is 11.3. The first-order chi connectivity index (χ1) is 26.8. The molecule has 0 aliphatic heterocycles. The van der Waals surface area contributed by atoms with Gasteiger partial charge in [0.1, 0.15) is 0 Å². The van der Waals surface area contributed by atoms with E-state index < -0.39 is 0 Å². The van der Waals surface area contributed by atoms with Crippen LogP contribution in [0.3, 0.4) is 0 Å². The molecular weight excluding hydrogens is 649 g/mol. The first-order valence-electron chi connectivity index (χ1n) is 18.7. The molecule has 0 saturated carbocycles. The third-order valence-corrected chi connectivity index (χ3v) is 10.9. The molecule has 0 heteroatoms. The van der Waals surface area contributed by atoms with Gasteiger partial charge in [0.25, 0.3) is 0 Å². The molecule has 0 fully saturated rings. The van der Waals surface area contributed by atoms with Crippen LogP contribution in [0.5, 0.6) is 0 Å². The summed E-state index contributed by atoms with van der Waals surface area (Å²) in [6.07, 6.45) is 0. The maximum absolute atomic E-state index is 2.44. The van der Waals surface area contributed by atoms with Crippen molar-refractivity contribution < 1.29 is 0 Å². The van der Waals surface area contributed by atoms with Crippen molar-refractivity contribution >= 4 is 32.3 Å². The van der Waals surface area contributed by atoms with Gasteiger partial charge >= 0.3 is 0 Å². The molecule has 0 saturated heterocycles. The molecular formula is C54H36. The Kier molecular flexibility index (Phi) is 7.93. The average Bonchev–Trinajstić information content (AvgIpc) is 3.26. The zero-order valence-corrected chi connectivity index (χ0v) is 29.8. The van der Waals surface area contributed by atoms with Gasteiger partial charge < -0.3 is 0 Å². The van der Waals surface area contributed by atoms with E-state index in [-0.39, 0.29) is 0 Å². The predicted octanol–water partition coefficient (Wildman–Crippen LogP) is 15.1. The van der Waals surface area contributed by atoms with E-state index in [1.807, 2.05) is 0 Å². The molecule has 0 aliphatic rings. The summed E-state index contributed by atoms with van der Waals surface area (Å²) in [6.45, 7) is 0. The van der Waals surface area contributed by atoms with E-state index in [1.165, 1.54) is 99.1 Å². The van der Waals surface area contributed by atoms with Crippen molar-refractivity contribution in [3.05, 3.63) is 218 Å². The smallest absolute Gasteiger partial charge is 0.00199 e. The second kappa shape index (κ2) is 13.5. The molecule has 0 N–H and O–H groups in total. The summed E-state index contributed by atoms with van der Waals surface area (Å²) in [5, 5.41) is 7.50. The summed E-state index contributed by atoms with van der Waals surface area (Å²) in [5.41, 5.74) is 14.7. The highest BCUT2D eigenvalue weighted by Crippen LogP contribution is 2.47. The summed E-state index contributed by atoms with van der Waals surface area (Å²) >= 11 is 0. The van der Waals surface area contributed by atoms with Gasteiger partial charge in [-0.25, -0.2) is 0 Å². The highest BCUT2D eigenvalue weighted by Gasteiger charge is 2.20. The van der Waals surface area contributed by atoms with Crippen LogP contribution in [0.15, 0.2) is 218 Å². The Morgan fingerprint density at radius 2 is 0.593 bits per heavy atom. The Bertz CT molecular complexity index is 2900. The fourth-order valence-corrected chi connectivity index (χ4v) is 8.32. The molecule has 0 atom stereocenters. The van der Waals surface area contributed by atoms with E-state index in [2.05, 4.69) is 218 Å². The Balaban J connectivity index is 1.25. The summed E-state index contributed by atoms with van der Waals surface area (Å²) in [6, 6.07) is 79.8. The van der Waals surface area contributed by atoms with E-state index in [1.54, 1.807) is 0 Å². The van der Waals surface area contributed by atoms with Gasteiger partial charge in [-0.2, -0.15) is 0 Å². The topological polar surface area (TPSA) is 0 Å². The van der Waals surface area contributed by atoms with Crippen molar-refractivity contribution in [2.45, 2.75) is 0 Å². The highest BCUT2D eigenvalue weighted by molar-refractivity contribution is 6.22. The van der Waals surface area contributed by atoms with Crippen molar-refractivity contribution in [3.63, 3.8) is 0 Å². The maximum atomic E-state index is 2.44. The SMILES string of the molecule is c1ccc(-c2ccc(-c3ccc(-c4ccccc4-c4ccc5ccccc5c4)cc3-c3c4ccccc4c(-c4ccccc4)c4ccccc34)cc2)cc1. The number of fused-ring (bicyclic) bond motifs is 3. The molecule has 0 amide bonds. The molecule has 0 aromatic heterocycles. The lowest BCUT2D eigenvalue weighted by molar-refractivity contribution is 1.56. The monoisotopic (exact) mass is 684 g/mol. The summed E-state index contributed by atoms with van der Waals surface area (Å²) < 4.78 is 0. The van der Waals surface area contributed by atoms with Crippen LogP contribution in [0, 0.1) is 0 Å². The number of benzene rings is 10. The minimum Gasteiger partial charge on any atom is -0.0622 e. The van der Waals surface area contributed by atoms with Gasteiger partial charge in [-0.05, 0) is 111 Å². The van der Waals surface area contributed by atoms with Crippen LogP contribution in [0.1, 0.15) is 0 Å². The molecule has 0 bridgehead atoms. The zero-order valence-electron chi connectivity index (χ0n) is 29.8. The van der Waals surface area contributed by atoms with Gasteiger partial charge in [-0.3, -0.25) is 0 Å². The number of hydrogen-bond acceptors (Lipinski definition) is 0. The van der Waals surface area contributed by atoms with Gasteiger partial charge in [0.2, 0.25) is 0 Å². The van der Waals surface area contributed by atoms with Crippen LogP contribution in [-0.2, 0) is 0 Å². The fraction of sp³-hybridized carbons (Fsp3) is 0. The van der Waals surface area contributed by atoms with E-state index >= 15 is 0 Å². The van der Waals surface area contributed by atoms with Crippen LogP contribution in [-0.4, -0.2) is 0 Å². The van der Waals surface area contributed by atoms with Crippen molar-refractivity contribution in [3.8, 4) is 66.8 Å². The molecule has 10 aromatic rings. The minimum absolute atomic E-state index is 1.19. The lowest BCUT2D eigenvalue weighted by Gasteiger charge is -2.21. The van der Waals surface area contributed by atoms with Crippen LogP contribution in [0.2, 0.25) is 0 Å². The van der Waals surface area contributed by atoms with Gasteiger partial charge in [0.05, 0.1) is 0 Å². The molecule has 54 heavy (non-hydrogen) atoms. The van der Waals surface area contributed by atoms with Crippen molar-refractivity contribution in [1.82, 2.24) is 0 Å². The minimum atomic E-state index is 1.19. The quantitative estimate of drug-likeness (QED) is 0.153. The van der Waals surface area contributed by atoms with Gasteiger partial charge in [-0.15, -0.1) is 0 Å². The van der Waals surface area contributed by atoms with E-state index in [9.17, 15) is 0 Å². The lowest BCUT2D eigenvalue weighted by Crippen LogP contribution is -1.94. The first kappa shape index (κ1) is 31.7. The molecule has 10 aromatic carbocycles. The molecule has 0 aliphatic carbocycles. The van der Waals surface area contributed by atoms with Crippen LogP contribution in [0.4, 0.5) is 0 Å². The predicted molar refractivity (Wildman–Crippen MR) is 232 cm³/mol. The molecule has 0 unspecified atom stereocenters. The maximum Gasteiger partial charge on any atom is -0.00199 e. The second-order valence-electron chi connectivity index (χ2n) is 14.0. The Hall–Kier alpha value is -7.02. The van der Waals surface area contributed by atoms with Gasteiger partial charge in [0.15, 0.2) is 0 Å². The summed E-state index contributed by atoms with van der Waals surface area (Å²) in [4.78, 5) is 0. The molecule has 0 radical (unpaired) electrons. The average molecular weight is 685 g/mol. The Morgan fingerprint density at radius 3 is 1.22 bits per heavy atom. The van der Waals surface area contributed by atoms with Crippen molar-refractivity contribution in [2.24, 2.45) is 0 Å². The lowest BCUT2D eigenvalue weighted by atomic mass is 9.82. The number of hydrogen-bond donors (Lipinski definition) is 0. The summed E-state index contributed by atoms with van der Waals surface area (Å²) in [5.74, 6) is 0. The molecule has 252 valence electrons. The molecule has 10 rings (SSSR count). The van der Waals surface area contributed by atoms with Crippen molar-refractivity contribution in [1.29, 1.82) is 0 Å². The highest BCUT2D eigenvalue weighted by atomic mass is 14.2. The van der Waals surface area contributed by atoms with E-state index in [0.717, 1.165) is 0 Å². The van der Waals surface area contributed by atoms with Gasteiger partial charge in [0, 0.05) is 0 Å². The Morgan fingerprint density at radius 1 is 0.185 bits per heavy atom. The zero-order chi connectivity index (χ0) is 35.8. The molecule has 0 spiro atoms. The number of rotatable bonds is 6. The first-order valence-corrected chi connectivity index (χ1v) is 18.7. The van der Waals surface area contributed by atoms with Crippen LogP contribution < -0.4 is 0 Å². The third-order valence-electron chi connectivity index (χ3n) is 10.9. The molecule has 0 heterocycles.